The van der Waals surface area contributed by atoms with E-state index in [2.05, 4.69) is 0 Å². The molecule has 2 amide bonds. The van der Waals surface area contributed by atoms with E-state index in [9.17, 15) is 14.4 Å². The van der Waals surface area contributed by atoms with Crippen molar-refractivity contribution in [2.75, 3.05) is 0 Å². The van der Waals surface area contributed by atoms with Crippen molar-refractivity contribution >= 4 is 17.8 Å². The molecule has 0 spiro atoms. The minimum absolute atomic E-state index is 0.267. The summed E-state index contributed by atoms with van der Waals surface area (Å²) in [7, 11) is 0. The normalized spacial score (nSPS) is 20.2. The molecule has 0 aliphatic carbocycles. The van der Waals surface area contributed by atoms with Crippen LogP contribution in [0.5, 0.6) is 0 Å². The van der Waals surface area contributed by atoms with E-state index in [0.29, 0.717) is 6.42 Å². The van der Waals surface area contributed by atoms with E-state index in [4.69, 9.17) is 5.11 Å². The Morgan fingerprint density at radius 1 is 1.38 bits per heavy atom. The van der Waals surface area contributed by atoms with E-state index in [1.165, 1.54) is 6.92 Å². The van der Waals surface area contributed by atoms with Gasteiger partial charge in [-0.05, 0) is 13.3 Å². The van der Waals surface area contributed by atoms with E-state index in [1.54, 1.807) is 0 Å². The van der Waals surface area contributed by atoms with Crippen LogP contribution in [0, 0.1) is 0 Å². The minimum Gasteiger partial charge on any atom is -0.480 e. The van der Waals surface area contributed by atoms with E-state index in [1.807, 2.05) is 0 Å². The average molecular weight is 185 g/mol. The fraction of sp³-hybridized carbons (Fsp3) is 0.625. The number of hydrogen-bond donors (Lipinski definition) is 1. The van der Waals surface area contributed by atoms with E-state index in [0.717, 1.165) is 4.90 Å². The highest BCUT2D eigenvalue weighted by Gasteiger charge is 2.33. The second kappa shape index (κ2) is 3.55. The van der Waals surface area contributed by atoms with Gasteiger partial charge in [0, 0.05) is 12.8 Å². The van der Waals surface area contributed by atoms with Crippen molar-refractivity contribution < 1.29 is 19.5 Å². The second-order valence-corrected chi connectivity index (χ2v) is 3.03. The van der Waals surface area contributed by atoms with Crippen LogP contribution in [0.25, 0.3) is 0 Å². The molecule has 1 atom stereocenters. The van der Waals surface area contributed by atoms with Crippen LogP contribution in [0.4, 0.5) is 0 Å². The van der Waals surface area contributed by atoms with Gasteiger partial charge in [-0.2, -0.15) is 0 Å². The van der Waals surface area contributed by atoms with Crippen LogP contribution in [0.2, 0.25) is 0 Å². The SMILES string of the molecule is C[C@@H](C(=O)O)N1C(=O)CCCC1=O. The van der Waals surface area contributed by atoms with Crippen molar-refractivity contribution in [2.45, 2.75) is 32.2 Å². The number of amides is 2. The summed E-state index contributed by atoms with van der Waals surface area (Å²) in [6.45, 7) is 1.34. The molecule has 0 aromatic carbocycles. The zero-order valence-electron chi connectivity index (χ0n) is 7.32. The average Bonchev–Trinajstić information content (AvgIpc) is 2.03. The quantitative estimate of drug-likeness (QED) is 0.614. The molecular weight excluding hydrogens is 174 g/mol. The molecule has 72 valence electrons. The van der Waals surface area contributed by atoms with Gasteiger partial charge in [-0.1, -0.05) is 0 Å². The summed E-state index contributed by atoms with van der Waals surface area (Å²) >= 11 is 0. The van der Waals surface area contributed by atoms with Crippen molar-refractivity contribution in [3.8, 4) is 0 Å². The third-order valence-corrected chi connectivity index (χ3v) is 2.06. The maximum Gasteiger partial charge on any atom is 0.326 e. The lowest BCUT2D eigenvalue weighted by atomic mass is 10.1. The first-order valence-corrected chi connectivity index (χ1v) is 4.11. The van der Waals surface area contributed by atoms with Crippen LogP contribution < -0.4 is 0 Å². The van der Waals surface area contributed by atoms with Gasteiger partial charge in [0.25, 0.3) is 0 Å². The van der Waals surface area contributed by atoms with Gasteiger partial charge in [-0.15, -0.1) is 0 Å². The molecule has 0 bridgehead atoms. The lowest BCUT2D eigenvalue weighted by Gasteiger charge is -2.27. The molecule has 0 saturated carbocycles. The van der Waals surface area contributed by atoms with Gasteiger partial charge in [-0.25, -0.2) is 4.79 Å². The first-order chi connectivity index (χ1) is 6.04. The molecule has 1 fully saturated rings. The van der Waals surface area contributed by atoms with Gasteiger partial charge in [-0.3, -0.25) is 14.5 Å². The molecule has 1 rings (SSSR count). The summed E-state index contributed by atoms with van der Waals surface area (Å²) in [5, 5.41) is 8.62. The van der Waals surface area contributed by atoms with Crippen molar-refractivity contribution in [2.24, 2.45) is 0 Å². The van der Waals surface area contributed by atoms with Crippen LogP contribution in [0.1, 0.15) is 26.2 Å². The molecule has 0 unspecified atom stereocenters. The van der Waals surface area contributed by atoms with Gasteiger partial charge in [0.1, 0.15) is 6.04 Å². The summed E-state index contributed by atoms with van der Waals surface area (Å²) in [4.78, 5) is 33.8. The number of hydrogen-bond acceptors (Lipinski definition) is 3. The zero-order valence-corrected chi connectivity index (χ0v) is 7.32. The summed E-state index contributed by atoms with van der Waals surface area (Å²) in [5.41, 5.74) is 0. The number of rotatable bonds is 2. The monoisotopic (exact) mass is 185 g/mol. The number of nitrogens with zero attached hydrogens (tertiary/aromatic N) is 1. The number of carbonyl (C=O) groups is 3. The number of imide groups is 1. The second-order valence-electron chi connectivity index (χ2n) is 3.03. The number of likely N-dealkylation sites (tertiary alicyclic amines) is 1. The Hall–Kier alpha value is -1.39. The van der Waals surface area contributed by atoms with Crippen molar-refractivity contribution in [3.05, 3.63) is 0 Å². The molecule has 1 N–H and O–H groups in total. The number of aliphatic carboxylic acids is 1. The standard InChI is InChI=1S/C8H11NO4/c1-5(8(12)13)9-6(10)3-2-4-7(9)11/h5H,2-4H2,1H3,(H,12,13)/t5-/m0/s1. The zero-order chi connectivity index (χ0) is 10.0. The Bertz CT molecular complexity index is 245. The summed E-state index contributed by atoms with van der Waals surface area (Å²) in [6, 6.07) is -1.04. The Morgan fingerprint density at radius 3 is 2.23 bits per heavy atom. The highest BCUT2D eigenvalue weighted by atomic mass is 16.4. The summed E-state index contributed by atoms with van der Waals surface area (Å²) in [6.07, 6.45) is 1.06. The van der Waals surface area contributed by atoms with Crippen LogP contribution >= 0.6 is 0 Å². The molecule has 13 heavy (non-hydrogen) atoms. The fourth-order valence-corrected chi connectivity index (χ4v) is 1.31. The lowest BCUT2D eigenvalue weighted by molar-refractivity contribution is -0.159. The molecule has 0 aromatic heterocycles. The molecule has 0 aromatic rings. The van der Waals surface area contributed by atoms with Crippen LogP contribution in [-0.2, 0) is 14.4 Å². The van der Waals surface area contributed by atoms with Crippen LogP contribution in [0.3, 0.4) is 0 Å². The van der Waals surface area contributed by atoms with Gasteiger partial charge < -0.3 is 5.11 Å². The number of carboxylic acid groups (broad SMARTS) is 1. The Morgan fingerprint density at radius 2 is 1.85 bits per heavy atom. The largest absolute Gasteiger partial charge is 0.480 e. The van der Waals surface area contributed by atoms with Crippen molar-refractivity contribution in [1.82, 2.24) is 4.90 Å². The van der Waals surface area contributed by atoms with E-state index in [-0.39, 0.29) is 24.7 Å². The molecule has 5 heteroatoms. The molecule has 5 nitrogen and oxygen atoms in total. The molecule has 1 aliphatic rings. The minimum atomic E-state index is -1.15. The van der Waals surface area contributed by atoms with E-state index >= 15 is 0 Å². The van der Waals surface area contributed by atoms with Crippen molar-refractivity contribution in [1.29, 1.82) is 0 Å². The number of carbonyl (C=O) groups excluding carboxylic acids is 2. The van der Waals surface area contributed by atoms with E-state index < -0.39 is 12.0 Å². The predicted molar refractivity (Wildman–Crippen MR) is 42.8 cm³/mol. The van der Waals surface area contributed by atoms with Gasteiger partial charge >= 0.3 is 5.97 Å². The maximum atomic E-state index is 11.2. The smallest absolute Gasteiger partial charge is 0.326 e. The third kappa shape index (κ3) is 1.85. The molecule has 1 heterocycles. The molecule has 1 aliphatic heterocycles. The third-order valence-electron chi connectivity index (χ3n) is 2.06. The molecular formula is C8H11NO4. The van der Waals surface area contributed by atoms with Gasteiger partial charge in [0.05, 0.1) is 0 Å². The lowest BCUT2D eigenvalue weighted by Crippen LogP contribution is -2.49. The van der Waals surface area contributed by atoms with Crippen molar-refractivity contribution in [3.63, 3.8) is 0 Å². The first kappa shape index (κ1) is 9.70. The van der Waals surface area contributed by atoms with Gasteiger partial charge in [0.2, 0.25) is 11.8 Å². The first-order valence-electron chi connectivity index (χ1n) is 4.11. The van der Waals surface area contributed by atoms with Crippen LogP contribution in [0.15, 0.2) is 0 Å². The Labute approximate surface area is 75.3 Å². The fourth-order valence-electron chi connectivity index (χ4n) is 1.31. The topological polar surface area (TPSA) is 74.7 Å². The highest BCUT2D eigenvalue weighted by Crippen LogP contribution is 2.15. The maximum absolute atomic E-state index is 11.2. The summed E-state index contributed by atoms with van der Waals surface area (Å²) < 4.78 is 0. The number of piperidine rings is 1. The highest BCUT2D eigenvalue weighted by molar-refractivity contribution is 6.00. The van der Waals surface area contributed by atoms with Gasteiger partial charge in [0.15, 0.2) is 0 Å². The summed E-state index contributed by atoms with van der Waals surface area (Å²) in [5.74, 6) is -1.92. The Balaban J connectivity index is 2.80. The molecule has 0 radical (unpaired) electrons. The predicted octanol–water partition coefficient (Wildman–Crippen LogP) is -0.00140. The molecule has 1 saturated heterocycles. The Kier molecular flexibility index (Phi) is 2.65. The number of carboxylic acids is 1. The van der Waals surface area contributed by atoms with Crippen LogP contribution in [-0.4, -0.2) is 33.8 Å².